The van der Waals surface area contributed by atoms with Gasteiger partial charge in [0.05, 0.1) is 24.7 Å². The van der Waals surface area contributed by atoms with Crippen molar-refractivity contribution in [2.75, 3.05) is 6.61 Å². The molecule has 2 aromatic rings. The van der Waals surface area contributed by atoms with E-state index in [4.69, 9.17) is 16.3 Å². The molecule has 0 N–H and O–H groups in total. The molecule has 5 nitrogen and oxygen atoms in total. The number of ether oxygens (including phenoxy) is 1. The first-order valence-electron chi connectivity index (χ1n) is 6.16. The average Bonchev–Trinajstić information content (AvgIpc) is 2.86. The van der Waals surface area contributed by atoms with E-state index in [1.54, 1.807) is 19.1 Å². The SMILES string of the molecule is CCOC(=O)c1nnn(Cc2cc(Br)ccc2F)c1CCl. The number of alkyl halides is 1. The molecule has 0 bridgehead atoms. The van der Waals surface area contributed by atoms with Crippen molar-refractivity contribution in [2.45, 2.75) is 19.3 Å². The molecule has 0 saturated carbocycles. The summed E-state index contributed by atoms with van der Waals surface area (Å²) in [7, 11) is 0. The molecule has 21 heavy (non-hydrogen) atoms. The molecule has 2 rings (SSSR count). The molecular formula is C13H12BrClFN3O2. The van der Waals surface area contributed by atoms with E-state index in [2.05, 4.69) is 26.2 Å². The molecule has 0 aliphatic carbocycles. The van der Waals surface area contributed by atoms with Gasteiger partial charge in [0.2, 0.25) is 0 Å². The Kier molecular flexibility index (Phi) is 5.30. The van der Waals surface area contributed by atoms with Crippen LogP contribution in [-0.2, 0) is 17.2 Å². The van der Waals surface area contributed by atoms with Gasteiger partial charge < -0.3 is 4.74 Å². The topological polar surface area (TPSA) is 57.0 Å². The van der Waals surface area contributed by atoms with Gasteiger partial charge in [0.15, 0.2) is 5.69 Å². The van der Waals surface area contributed by atoms with Crippen LogP contribution in [0.25, 0.3) is 0 Å². The van der Waals surface area contributed by atoms with Crippen LogP contribution < -0.4 is 0 Å². The van der Waals surface area contributed by atoms with Crippen molar-refractivity contribution in [3.8, 4) is 0 Å². The lowest BCUT2D eigenvalue weighted by Gasteiger charge is -2.07. The number of nitrogens with zero attached hydrogens (tertiary/aromatic N) is 3. The van der Waals surface area contributed by atoms with Crippen molar-refractivity contribution in [1.82, 2.24) is 15.0 Å². The van der Waals surface area contributed by atoms with Gasteiger partial charge in [-0.2, -0.15) is 0 Å². The van der Waals surface area contributed by atoms with Gasteiger partial charge in [-0.3, -0.25) is 0 Å². The van der Waals surface area contributed by atoms with Gasteiger partial charge in [-0.05, 0) is 25.1 Å². The van der Waals surface area contributed by atoms with Gasteiger partial charge in [-0.1, -0.05) is 21.1 Å². The van der Waals surface area contributed by atoms with Crippen molar-refractivity contribution in [3.63, 3.8) is 0 Å². The first-order valence-corrected chi connectivity index (χ1v) is 7.49. The van der Waals surface area contributed by atoms with E-state index in [1.165, 1.54) is 10.7 Å². The Hall–Kier alpha value is -1.47. The molecule has 0 saturated heterocycles. The highest BCUT2D eigenvalue weighted by Crippen LogP contribution is 2.18. The summed E-state index contributed by atoms with van der Waals surface area (Å²) in [6.07, 6.45) is 0. The van der Waals surface area contributed by atoms with E-state index in [1.807, 2.05) is 0 Å². The highest BCUT2D eigenvalue weighted by Gasteiger charge is 2.20. The zero-order valence-electron chi connectivity index (χ0n) is 11.1. The molecule has 1 aromatic carbocycles. The predicted molar refractivity (Wildman–Crippen MR) is 78.7 cm³/mol. The summed E-state index contributed by atoms with van der Waals surface area (Å²) in [6.45, 7) is 2.05. The van der Waals surface area contributed by atoms with Crippen LogP contribution >= 0.6 is 27.5 Å². The van der Waals surface area contributed by atoms with Crippen molar-refractivity contribution >= 4 is 33.5 Å². The summed E-state index contributed by atoms with van der Waals surface area (Å²) in [6, 6.07) is 4.59. The number of esters is 1. The minimum atomic E-state index is -0.589. The zero-order valence-corrected chi connectivity index (χ0v) is 13.5. The fourth-order valence-electron chi connectivity index (χ4n) is 1.78. The van der Waals surface area contributed by atoms with Crippen LogP contribution in [0.15, 0.2) is 22.7 Å². The monoisotopic (exact) mass is 375 g/mol. The van der Waals surface area contributed by atoms with Gasteiger partial charge >= 0.3 is 5.97 Å². The summed E-state index contributed by atoms with van der Waals surface area (Å²) >= 11 is 9.13. The van der Waals surface area contributed by atoms with Crippen LogP contribution in [0.1, 0.15) is 28.7 Å². The summed E-state index contributed by atoms with van der Waals surface area (Å²) in [5, 5.41) is 7.63. The van der Waals surface area contributed by atoms with Crippen molar-refractivity contribution in [2.24, 2.45) is 0 Å². The Morgan fingerprint density at radius 1 is 1.52 bits per heavy atom. The minimum absolute atomic E-state index is 0.0246. The quantitative estimate of drug-likeness (QED) is 0.594. The summed E-state index contributed by atoms with van der Waals surface area (Å²) in [5.74, 6) is -0.933. The Morgan fingerprint density at radius 3 is 2.95 bits per heavy atom. The smallest absolute Gasteiger partial charge is 0.360 e. The van der Waals surface area contributed by atoms with E-state index in [9.17, 15) is 9.18 Å². The standard InChI is InChI=1S/C13H12BrClFN3O2/c1-2-21-13(20)12-11(6-15)19(18-17-12)7-8-5-9(14)3-4-10(8)16/h3-5H,2,6-7H2,1H3. The molecule has 0 spiro atoms. The van der Waals surface area contributed by atoms with Crippen LogP contribution in [-0.4, -0.2) is 27.6 Å². The minimum Gasteiger partial charge on any atom is -0.461 e. The fraction of sp³-hybridized carbons (Fsp3) is 0.308. The molecule has 0 atom stereocenters. The molecule has 0 amide bonds. The molecule has 0 aliphatic heterocycles. The molecule has 0 aliphatic rings. The Balaban J connectivity index is 2.32. The molecule has 112 valence electrons. The third kappa shape index (κ3) is 3.59. The molecule has 0 fully saturated rings. The van der Waals surface area contributed by atoms with Crippen LogP contribution in [0.3, 0.4) is 0 Å². The Labute approximate surface area is 134 Å². The van der Waals surface area contributed by atoms with Crippen molar-refractivity contribution < 1.29 is 13.9 Å². The number of hydrogen-bond donors (Lipinski definition) is 0. The van der Waals surface area contributed by atoms with Crippen molar-refractivity contribution in [1.29, 1.82) is 0 Å². The fourth-order valence-corrected chi connectivity index (χ4v) is 2.45. The maximum atomic E-state index is 13.8. The lowest BCUT2D eigenvalue weighted by molar-refractivity contribution is 0.0518. The van der Waals surface area contributed by atoms with Gasteiger partial charge in [-0.25, -0.2) is 13.9 Å². The van der Waals surface area contributed by atoms with E-state index in [-0.39, 0.29) is 30.5 Å². The predicted octanol–water partition coefficient (Wildman–Crippen LogP) is 3.14. The van der Waals surface area contributed by atoms with E-state index >= 15 is 0 Å². The zero-order chi connectivity index (χ0) is 15.4. The van der Waals surface area contributed by atoms with E-state index in [0.29, 0.717) is 11.3 Å². The van der Waals surface area contributed by atoms with Crippen LogP contribution in [0, 0.1) is 5.82 Å². The number of aromatic nitrogens is 3. The summed E-state index contributed by atoms with van der Waals surface area (Å²) < 4.78 is 20.8. The molecule has 8 heteroatoms. The summed E-state index contributed by atoms with van der Waals surface area (Å²) in [4.78, 5) is 11.7. The third-order valence-corrected chi connectivity index (χ3v) is 3.51. The summed E-state index contributed by atoms with van der Waals surface area (Å²) in [5.41, 5.74) is 0.868. The second kappa shape index (κ2) is 7.00. The van der Waals surface area contributed by atoms with Gasteiger partial charge in [0, 0.05) is 10.0 Å². The number of carbonyl (C=O) groups excluding carboxylic acids is 1. The van der Waals surface area contributed by atoms with Gasteiger partial charge in [0.25, 0.3) is 0 Å². The Morgan fingerprint density at radius 2 is 2.29 bits per heavy atom. The van der Waals surface area contributed by atoms with Crippen LogP contribution in [0.4, 0.5) is 4.39 Å². The second-order valence-electron chi connectivity index (χ2n) is 4.13. The highest BCUT2D eigenvalue weighted by molar-refractivity contribution is 9.10. The van der Waals surface area contributed by atoms with Crippen LogP contribution in [0.2, 0.25) is 0 Å². The number of rotatable bonds is 5. The molecule has 0 radical (unpaired) electrons. The number of halogens is 3. The molecule has 1 aromatic heterocycles. The largest absolute Gasteiger partial charge is 0.461 e. The maximum Gasteiger partial charge on any atom is 0.360 e. The Bertz CT molecular complexity index is 663. The molecule has 1 heterocycles. The van der Waals surface area contributed by atoms with Gasteiger partial charge in [0.1, 0.15) is 5.82 Å². The van der Waals surface area contributed by atoms with E-state index < -0.39 is 5.97 Å². The first-order chi connectivity index (χ1) is 10.1. The lowest BCUT2D eigenvalue weighted by Crippen LogP contribution is -2.11. The third-order valence-electron chi connectivity index (χ3n) is 2.76. The van der Waals surface area contributed by atoms with Gasteiger partial charge in [-0.15, -0.1) is 16.7 Å². The second-order valence-corrected chi connectivity index (χ2v) is 5.32. The first kappa shape index (κ1) is 15.9. The highest BCUT2D eigenvalue weighted by atomic mass is 79.9. The normalized spacial score (nSPS) is 10.7. The van der Waals surface area contributed by atoms with Crippen molar-refractivity contribution in [3.05, 3.63) is 45.4 Å². The number of benzene rings is 1. The van der Waals surface area contributed by atoms with E-state index in [0.717, 1.165) is 4.47 Å². The maximum absolute atomic E-state index is 13.8. The molecular weight excluding hydrogens is 365 g/mol. The van der Waals surface area contributed by atoms with Crippen LogP contribution in [0.5, 0.6) is 0 Å². The number of hydrogen-bond acceptors (Lipinski definition) is 4. The number of carbonyl (C=O) groups is 1. The molecule has 0 unspecified atom stereocenters. The lowest BCUT2D eigenvalue weighted by atomic mass is 10.2. The average molecular weight is 377 g/mol.